The quantitative estimate of drug-likeness (QED) is 0.880. The van der Waals surface area contributed by atoms with Crippen molar-refractivity contribution in [3.63, 3.8) is 0 Å². The third-order valence-corrected chi connectivity index (χ3v) is 3.18. The molecule has 1 amide bonds. The summed E-state index contributed by atoms with van der Waals surface area (Å²) < 4.78 is 0. The van der Waals surface area contributed by atoms with Crippen LogP contribution in [0.25, 0.3) is 0 Å². The van der Waals surface area contributed by atoms with Gasteiger partial charge in [-0.3, -0.25) is 4.79 Å². The van der Waals surface area contributed by atoms with Gasteiger partial charge < -0.3 is 10.6 Å². The number of carbonyl (C=O) groups excluding carboxylic acids is 1. The second kappa shape index (κ2) is 6.31. The average Bonchev–Trinajstić information content (AvgIpc) is 2.37. The Kier molecular flexibility index (Phi) is 4.70. The van der Waals surface area contributed by atoms with Crippen molar-refractivity contribution >= 4 is 52.2 Å². The van der Waals surface area contributed by atoms with Crippen LogP contribution in [-0.2, 0) is 0 Å². The Morgan fingerprint density at radius 1 is 1.10 bits per heavy atom. The fourth-order valence-corrected chi connectivity index (χ4v) is 2.27. The minimum Gasteiger partial charge on any atom is -0.373 e. The first-order valence-electron chi connectivity index (χ1n) is 5.61. The van der Waals surface area contributed by atoms with Crippen LogP contribution >= 0.6 is 34.8 Å². The molecule has 1 aromatic carbocycles. The lowest BCUT2D eigenvalue weighted by molar-refractivity contribution is 0.102. The number of rotatable bonds is 3. The number of aromatic nitrogens is 1. The third kappa shape index (κ3) is 3.54. The summed E-state index contributed by atoms with van der Waals surface area (Å²) in [5.74, 6) is 0.106. The van der Waals surface area contributed by atoms with Gasteiger partial charge in [-0.1, -0.05) is 34.8 Å². The van der Waals surface area contributed by atoms with Crippen LogP contribution in [0.2, 0.25) is 15.1 Å². The fourth-order valence-electron chi connectivity index (χ4n) is 1.56. The summed E-state index contributed by atoms with van der Waals surface area (Å²) in [4.78, 5) is 16.3. The average molecular weight is 331 g/mol. The van der Waals surface area contributed by atoms with Crippen molar-refractivity contribution in [1.29, 1.82) is 0 Å². The molecule has 0 saturated heterocycles. The van der Waals surface area contributed by atoms with Crippen LogP contribution in [0.4, 0.5) is 11.5 Å². The number of hydrogen-bond donors (Lipinski definition) is 2. The van der Waals surface area contributed by atoms with E-state index in [-0.39, 0.29) is 10.7 Å². The first-order valence-corrected chi connectivity index (χ1v) is 6.74. The van der Waals surface area contributed by atoms with Crippen LogP contribution in [0, 0.1) is 0 Å². The van der Waals surface area contributed by atoms with Gasteiger partial charge in [-0.05, 0) is 30.3 Å². The fraction of sp³-hybridized carbons (Fsp3) is 0.0769. The molecule has 7 heteroatoms. The summed E-state index contributed by atoms with van der Waals surface area (Å²) in [5.41, 5.74) is 0.592. The number of halogens is 3. The molecule has 2 N–H and O–H groups in total. The number of nitrogens with zero attached hydrogens (tertiary/aromatic N) is 1. The zero-order valence-electron chi connectivity index (χ0n) is 10.4. The smallest absolute Gasteiger partial charge is 0.275 e. The summed E-state index contributed by atoms with van der Waals surface area (Å²) in [7, 11) is 1.70. The predicted molar refractivity (Wildman–Crippen MR) is 83.2 cm³/mol. The Morgan fingerprint density at radius 2 is 1.75 bits per heavy atom. The zero-order chi connectivity index (χ0) is 14.7. The molecule has 0 aliphatic heterocycles. The monoisotopic (exact) mass is 329 g/mol. The molecule has 0 radical (unpaired) electrons. The normalized spacial score (nSPS) is 10.2. The maximum atomic E-state index is 12.2. The summed E-state index contributed by atoms with van der Waals surface area (Å²) >= 11 is 17.7. The number of benzene rings is 1. The molecule has 0 aliphatic rings. The summed E-state index contributed by atoms with van der Waals surface area (Å²) in [6, 6.07) is 8.02. The Labute approximate surface area is 131 Å². The maximum absolute atomic E-state index is 12.2. The summed E-state index contributed by atoms with van der Waals surface area (Å²) in [6.07, 6.45) is 0. The van der Waals surface area contributed by atoms with E-state index in [4.69, 9.17) is 34.8 Å². The highest BCUT2D eigenvalue weighted by Gasteiger charge is 2.14. The van der Waals surface area contributed by atoms with E-state index in [2.05, 4.69) is 15.6 Å². The molecular formula is C13H10Cl3N3O. The van der Waals surface area contributed by atoms with Gasteiger partial charge in [0.2, 0.25) is 0 Å². The maximum Gasteiger partial charge on any atom is 0.275 e. The molecule has 4 nitrogen and oxygen atoms in total. The molecule has 20 heavy (non-hydrogen) atoms. The molecular weight excluding hydrogens is 321 g/mol. The number of anilines is 2. The van der Waals surface area contributed by atoms with Crippen molar-refractivity contribution in [2.45, 2.75) is 0 Å². The second-order valence-corrected chi connectivity index (χ2v) is 5.17. The SMILES string of the molecule is CNc1ccc(Cl)c(C(=O)Nc2cc(Cl)cc(Cl)c2)n1. The molecule has 104 valence electrons. The highest BCUT2D eigenvalue weighted by atomic mass is 35.5. The van der Waals surface area contributed by atoms with Gasteiger partial charge in [-0.2, -0.15) is 0 Å². The topological polar surface area (TPSA) is 54.0 Å². The lowest BCUT2D eigenvalue weighted by atomic mass is 10.3. The van der Waals surface area contributed by atoms with Gasteiger partial charge in [0, 0.05) is 22.8 Å². The molecule has 2 rings (SSSR count). The van der Waals surface area contributed by atoms with Gasteiger partial charge in [0.15, 0.2) is 0 Å². The number of nitrogens with one attached hydrogen (secondary N) is 2. The van der Waals surface area contributed by atoms with E-state index < -0.39 is 5.91 Å². The van der Waals surface area contributed by atoms with Gasteiger partial charge in [0.1, 0.15) is 11.5 Å². The second-order valence-electron chi connectivity index (χ2n) is 3.89. The van der Waals surface area contributed by atoms with Gasteiger partial charge in [0.25, 0.3) is 5.91 Å². The molecule has 2 aromatic rings. The Balaban J connectivity index is 2.27. The van der Waals surface area contributed by atoms with E-state index in [0.29, 0.717) is 21.6 Å². The molecule has 0 saturated carbocycles. The summed E-state index contributed by atoms with van der Waals surface area (Å²) in [5, 5.41) is 6.60. The molecule has 1 aromatic heterocycles. The molecule has 0 bridgehead atoms. The van der Waals surface area contributed by atoms with E-state index >= 15 is 0 Å². The highest BCUT2D eigenvalue weighted by Crippen LogP contribution is 2.24. The molecule has 0 fully saturated rings. The van der Waals surface area contributed by atoms with Gasteiger partial charge in [0.05, 0.1) is 5.02 Å². The van der Waals surface area contributed by atoms with Gasteiger partial charge in [-0.15, -0.1) is 0 Å². The molecule has 0 aliphatic carbocycles. The number of hydrogen-bond acceptors (Lipinski definition) is 3. The van der Waals surface area contributed by atoms with Crippen molar-refractivity contribution in [1.82, 2.24) is 4.98 Å². The predicted octanol–water partition coefficient (Wildman–Crippen LogP) is 4.34. The van der Waals surface area contributed by atoms with Gasteiger partial charge >= 0.3 is 0 Å². The Hall–Kier alpha value is -1.49. The van der Waals surface area contributed by atoms with Crippen LogP contribution in [0.5, 0.6) is 0 Å². The number of carbonyl (C=O) groups is 1. The molecule has 1 heterocycles. The Bertz CT molecular complexity index is 641. The highest BCUT2D eigenvalue weighted by molar-refractivity contribution is 6.35. The minimum absolute atomic E-state index is 0.120. The number of amides is 1. The van der Waals surface area contributed by atoms with Crippen LogP contribution in [0.15, 0.2) is 30.3 Å². The van der Waals surface area contributed by atoms with Crippen molar-refractivity contribution < 1.29 is 4.79 Å². The van der Waals surface area contributed by atoms with Crippen molar-refractivity contribution in [3.8, 4) is 0 Å². The minimum atomic E-state index is -0.439. The first kappa shape index (κ1) is 14.9. The lowest BCUT2D eigenvalue weighted by Crippen LogP contribution is -2.15. The Morgan fingerprint density at radius 3 is 2.35 bits per heavy atom. The van der Waals surface area contributed by atoms with E-state index in [9.17, 15) is 4.79 Å². The van der Waals surface area contributed by atoms with E-state index in [1.165, 1.54) is 0 Å². The standard InChI is InChI=1S/C13H10Cl3N3O/c1-17-11-3-2-10(16)12(19-11)13(20)18-9-5-7(14)4-8(15)6-9/h2-6H,1H3,(H,17,19)(H,18,20). The van der Waals surface area contributed by atoms with Crippen LogP contribution in [0.3, 0.4) is 0 Å². The first-order chi connectivity index (χ1) is 9.49. The lowest BCUT2D eigenvalue weighted by Gasteiger charge is -2.08. The molecule has 0 unspecified atom stereocenters. The number of pyridine rings is 1. The third-order valence-electron chi connectivity index (χ3n) is 2.44. The van der Waals surface area contributed by atoms with Gasteiger partial charge in [-0.25, -0.2) is 4.98 Å². The summed E-state index contributed by atoms with van der Waals surface area (Å²) in [6.45, 7) is 0. The van der Waals surface area contributed by atoms with E-state index in [0.717, 1.165) is 0 Å². The van der Waals surface area contributed by atoms with E-state index in [1.807, 2.05) is 0 Å². The van der Waals surface area contributed by atoms with Crippen LogP contribution < -0.4 is 10.6 Å². The van der Waals surface area contributed by atoms with Crippen LogP contribution in [0.1, 0.15) is 10.5 Å². The zero-order valence-corrected chi connectivity index (χ0v) is 12.6. The van der Waals surface area contributed by atoms with E-state index in [1.54, 1.807) is 37.4 Å². The van der Waals surface area contributed by atoms with Crippen molar-refractivity contribution in [2.24, 2.45) is 0 Å². The molecule has 0 atom stereocenters. The van der Waals surface area contributed by atoms with Crippen molar-refractivity contribution in [3.05, 3.63) is 51.1 Å². The molecule has 0 spiro atoms. The van der Waals surface area contributed by atoms with Crippen LogP contribution in [-0.4, -0.2) is 17.9 Å². The van der Waals surface area contributed by atoms with Crippen molar-refractivity contribution in [2.75, 3.05) is 17.7 Å². The largest absolute Gasteiger partial charge is 0.373 e.